The largest absolute Gasteiger partial charge is 0.450 e. The van der Waals surface area contributed by atoms with Crippen LogP contribution in [-0.4, -0.2) is 16.0 Å². The maximum Gasteiger partial charge on any atom is 0.296 e. The summed E-state index contributed by atoms with van der Waals surface area (Å²) in [5, 5.41) is 6.16. The number of rotatable bonds is 2. The Kier molecular flexibility index (Phi) is 3.61. The maximum absolute atomic E-state index is 13.7. The Balaban J connectivity index is 1.70. The van der Waals surface area contributed by atoms with Crippen LogP contribution in [0.1, 0.15) is 33.5 Å². The number of benzene rings is 2. The van der Waals surface area contributed by atoms with Crippen molar-refractivity contribution < 1.29 is 13.7 Å². The van der Waals surface area contributed by atoms with Gasteiger partial charge in [-0.2, -0.15) is 0 Å². The first kappa shape index (κ1) is 17.6. The number of carbonyl (C=O) groups excluding carboxylic acids is 1. The highest BCUT2D eigenvalue weighted by molar-refractivity contribution is 6.12. The molecule has 1 amide bonds. The molecule has 0 N–H and O–H groups in total. The molecule has 6 rings (SSSR count). The van der Waals surface area contributed by atoms with Gasteiger partial charge < -0.3 is 8.94 Å². The van der Waals surface area contributed by atoms with Crippen LogP contribution >= 0.6 is 0 Å². The summed E-state index contributed by atoms with van der Waals surface area (Å²) in [4.78, 5) is 32.8. The molecule has 0 bridgehead atoms. The lowest BCUT2D eigenvalue weighted by atomic mass is 9.98. The molecule has 0 spiro atoms. The standard InChI is InChI=1S/C24H15N3O4/c1-13-11-18(26-31-13)27-20(15-6-4-10-25-12-15)19-21(28)17-9-8-14-5-2-3-7-16(14)22(17)30-23(19)24(27)29/h2-12,20H,1H3/t20-/m1/s1. The molecule has 5 aromatic rings. The van der Waals surface area contributed by atoms with Crippen molar-refractivity contribution >= 4 is 33.5 Å². The normalized spacial score (nSPS) is 15.7. The molecule has 0 saturated heterocycles. The van der Waals surface area contributed by atoms with E-state index in [1.165, 1.54) is 4.90 Å². The van der Waals surface area contributed by atoms with Gasteiger partial charge in [0.25, 0.3) is 5.91 Å². The molecular formula is C24H15N3O4. The highest BCUT2D eigenvalue weighted by atomic mass is 16.5. The van der Waals surface area contributed by atoms with Crippen LogP contribution in [0.15, 0.2) is 80.7 Å². The van der Waals surface area contributed by atoms with Gasteiger partial charge in [-0.1, -0.05) is 41.6 Å². The summed E-state index contributed by atoms with van der Waals surface area (Å²) in [6.07, 6.45) is 3.28. The summed E-state index contributed by atoms with van der Waals surface area (Å²) in [7, 11) is 0. The van der Waals surface area contributed by atoms with Crippen molar-refractivity contribution in [3.63, 3.8) is 0 Å². The van der Waals surface area contributed by atoms with Crippen molar-refractivity contribution in [2.24, 2.45) is 0 Å². The molecule has 3 aromatic heterocycles. The lowest BCUT2D eigenvalue weighted by molar-refractivity contribution is 0.0969. The highest BCUT2D eigenvalue weighted by Crippen LogP contribution is 2.41. The fraction of sp³-hybridized carbons (Fsp3) is 0.0833. The van der Waals surface area contributed by atoms with Gasteiger partial charge in [0.2, 0.25) is 5.76 Å². The van der Waals surface area contributed by atoms with Gasteiger partial charge in [-0.3, -0.25) is 19.5 Å². The number of pyridine rings is 1. The van der Waals surface area contributed by atoms with E-state index in [2.05, 4.69) is 10.1 Å². The van der Waals surface area contributed by atoms with Crippen LogP contribution in [0.5, 0.6) is 0 Å². The Labute approximate surface area is 175 Å². The molecule has 2 aromatic carbocycles. The molecule has 4 heterocycles. The Bertz CT molecular complexity index is 1550. The van der Waals surface area contributed by atoms with Gasteiger partial charge >= 0.3 is 0 Å². The number of hydrogen-bond donors (Lipinski definition) is 0. The van der Waals surface area contributed by atoms with Gasteiger partial charge in [0.1, 0.15) is 11.3 Å². The van der Waals surface area contributed by atoms with Crippen LogP contribution in [0, 0.1) is 6.92 Å². The van der Waals surface area contributed by atoms with E-state index in [0.29, 0.717) is 28.1 Å². The average molecular weight is 409 g/mol. The molecular weight excluding hydrogens is 394 g/mol. The van der Waals surface area contributed by atoms with Gasteiger partial charge in [-0.25, -0.2) is 0 Å². The van der Waals surface area contributed by atoms with Crippen LogP contribution in [0.4, 0.5) is 5.82 Å². The molecule has 1 atom stereocenters. The second-order valence-corrected chi connectivity index (χ2v) is 7.50. The molecule has 0 unspecified atom stereocenters. The minimum absolute atomic E-state index is 0.0170. The first-order valence-electron chi connectivity index (χ1n) is 9.79. The molecule has 7 heteroatoms. The first-order chi connectivity index (χ1) is 15.1. The number of fused-ring (bicyclic) bond motifs is 4. The number of carbonyl (C=O) groups is 1. The van der Waals surface area contributed by atoms with Crippen LogP contribution in [-0.2, 0) is 0 Å². The molecule has 0 aliphatic carbocycles. The quantitative estimate of drug-likeness (QED) is 0.402. The first-order valence-corrected chi connectivity index (χ1v) is 9.79. The van der Waals surface area contributed by atoms with Gasteiger partial charge in [0, 0.05) is 23.8 Å². The number of amides is 1. The van der Waals surface area contributed by atoms with Crippen molar-refractivity contribution in [1.82, 2.24) is 10.1 Å². The number of aryl methyl sites for hydroxylation is 1. The Hall–Kier alpha value is -4.26. The number of aromatic nitrogens is 2. The third-order valence-electron chi connectivity index (χ3n) is 5.62. The second kappa shape index (κ2) is 6.37. The number of hydrogen-bond acceptors (Lipinski definition) is 6. The van der Waals surface area contributed by atoms with E-state index in [9.17, 15) is 9.59 Å². The summed E-state index contributed by atoms with van der Waals surface area (Å²) < 4.78 is 11.4. The molecule has 150 valence electrons. The monoisotopic (exact) mass is 409 g/mol. The molecule has 1 aliphatic rings. The average Bonchev–Trinajstić information content (AvgIpc) is 3.35. The lowest BCUT2D eigenvalue weighted by Gasteiger charge is -2.21. The van der Waals surface area contributed by atoms with Crippen LogP contribution in [0.3, 0.4) is 0 Å². The SMILES string of the molecule is Cc1cc(N2C(=O)c3oc4c(ccc5ccccc54)c(=O)c3[C@H]2c2cccnc2)no1. The summed E-state index contributed by atoms with van der Waals surface area (Å²) >= 11 is 0. The van der Waals surface area contributed by atoms with Crippen LogP contribution < -0.4 is 10.3 Å². The van der Waals surface area contributed by atoms with Crippen molar-refractivity contribution in [3.8, 4) is 0 Å². The molecule has 0 radical (unpaired) electrons. The summed E-state index contributed by atoms with van der Waals surface area (Å²) in [6.45, 7) is 1.74. The molecule has 0 saturated carbocycles. The smallest absolute Gasteiger partial charge is 0.296 e. The Morgan fingerprint density at radius 2 is 1.87 bits per heavy atom. The predicted octanol–water partition coefficient (Wildman–Crippen LogP) is 4.39. The fourth-order valence-electron chi connectivity index (χ4n) is 4.26. The van der Waals surface area contributed by atoms with Crippen molar-refractivity contribution in [2.75, 3.05) is 4.90 Å². The predicted molar refractivity (Wildman–Crippen MR) is 114 cm³/mol. The van der Waals surface area contributed by atoms with E-state index in [-0.39, 0.29) is 16.8 Å². The Morgan fingerprint density at radius 1 is 1.00 bits per heavy atom. The molecule has 1 aliphatic heterocycles. The number of nitrogens with zero attached hydrogens (tertiary/aromatic N) is 3. The summed E-state index contributed by atoms with van der Waals surface area (Å²) in [6, 6.07) is 15.8. The van der Waals surface area contributed by atoms with Gasteiger partial charge in [0.15, 0.2) is 11.2 Å². The van der Waals surface area contributed by atoms with E-state index in [0.717, 1.165) is 10.8 Å². The van der Waals surface area contributed by atoms with E-state index < -0.39 is 11.9 Å². The maximum atomic E-state index is 13.7. The zero-order chi connectivity index (χ0) is 21.1. The Morgan fingerprint density at radius 3 is 2.65 bits per heavy atom. The third kappa shape index (κ3) is 2.46. The van der Waals surface area contributed by atoms with Gasteiger partial charge in [-0.15, -0.1) is 0 Å². The summed E-state index contributed by atoms with van der Waals surface area (Å²) in [5.74, 6) is 0.447. The van der Waals surface area contributed by atoms with E-state index in [1.54, 1.807) is 37.5 Å². The molecule has 31 heavy (non-hydrogen) atoms. The van der Waals surface area contributed by atoms with Crippen molar-refractivity contribution in [1.29, 1.82) is 0 Å². The van der Waals surface area contributed by atoms with E-state index in [4.69, 9.17) is 8.94 Å². The number of anilines is 1. The zero-order valence-electron chi connectivity index (χ0n) is 16.4. The zero-order valence-corrected chi connectivity index (χ0v) is 16.4. The topological polar surface area (TPSA) is 89.4 Å². The lowest BCUT2D eigenvalue weighted by Crippen LogP contribution is -2.29. The van der Waals surface area contributed by atoms with Crippen molar-refractivity contribution in [2.45, 2.75) is 13.0 Å². The van der Waals surface area contributed by atoms with Crippen LogP contribution in [0.2, 0.25) is 0 Å². The van der Waals surface area contributed by atoms with Crippen molar-refractivity contribution in [3.05, 3.63) is 99.9 Å². The minimum Gasteiger partial charge on any atom is -0.450 e. The van der Waals surface area contributed by atoms with Crippen LogP contribution in [0.25, 0.3) is 21.7 Å². The second-order valence-electron chi connectivity index (χ2n) is 7.50. The molecule has 0 fully saturated rings. The fourth-order valence-corrected chi connectivity index (χ4v) is 4.26. The van der Waals surface area contributed by atoms with E-state index >= 15 is 0 Å². The highest BCUT2D eigenvalue weighted by Gasteiger charge is 2.45. The van der Waals surface area contributed by atoms with Gasteiger partial charge in [-0.05, 0) is 30.0 Å². The van der Waals surface area contributed by atoms with E-state index in [1.807, 2.05) is 36.4 Å². The summed E-state index contributed by atoms with van der Waals surface area (Å²) in [5.41, 5.74) is 1.12. The minimum atomic E-state index is -0.715. The third-order valence-corrected chi connectivity index (χ3v) is 5.62. The van der Waals surface area contributed by atoms with Gasteiger partial charge in [0.05, 0.1) is 17.0 Å². The molecule has 7 nitrogen and oxygen atoms in total.